The molecule has 0 N–H and O–H groups in total. The minimum Gasteiger partial charge on any atom is -0.258 e. The summed E-state index contributed by atoms with van der Waals surface area (Å²) >= 11 is 0. The quantitative estimate of drug-likeness (QED) is 0.280. The van der Waals surface area contributed by atoms with E-state index in [0.29, 0.717) is 5.56 Å². The minimum atomic E-state index is -0.548. The second-order valence-corrected chi connectivity index (χ2v) is 5.90. The zero-order chi connectivity index (χ0) is 18.3. The highest BCUT2D eigenvalue weighted by molar-refractivity contribution is 6.12. The lowest BCUT2D eigenvalue weighted by Crippen LogP contribution is -1.95. The molecule has 4 aromatic rings. The maximum atomic E-state index is 11.5. The van der Waals surface area contributed by atoms with Crippen LogP contribution in [-0.4, -0.2) is 9.85 Å². The fraction of sp³-hybridized carbons (Fsp3) is 0. The van der Waals surface area contributed by atoms with E-state index in [1.165, 1.54) is 12.1 Å². The molecule has 0 aliphatic rings. The Kier molecular flexibility index (Phi) is 3.58. The molecule has 0 bridgehead atoms. The lowest BCUT2D eigenvalue weighted by atomic mass is 9.94. The summed E-state index contributed by atoms with van der Waals surface area (Å²) in [5, 5.41) is 26.4. The van der Waals surface area contributed by atoms with Gasteiger partial charge >= 0.3 is 0 Å². The molecule has 0 fully saturated rings. The number of hydrogen-bond donors (Lipinski definition) is 0. The molecule has 0 atom stereocenters. The first-order valence-electron chi connectivity index (χ1n) is 7.90. The topological polar surface area (TPSA) is 86.3 Å². The molecular weight excluding hydrogens is 332 g/mol. The highest BCUT2D eigenvalue weighted by atomic mass is 16.6. The van der Waals surface area contributed by atoms with Gasteiger partial charge in [0.2, 0.25) is 0 Å². The predicted molar refractivity (Wildman–Crippen MR) is 100 cm³/mol. The van der Waals surface area contributed by atoms with E-state index in [1.54, 1.807) is 6.07 Å². The van der Waals surface area contributed by atoms with Crippen molar-refractivity contribution < 1.29 is 9.85 Å². The van der Waals surface area contributed by atoms with Crippen LogP contribution >= 0.6 is 0 Å². The zero-order valence-electron chi connectivity index (χ0n) is 13.5. The number of nitro groups is 2. The summed E-state index contributed by atoms with van der Waals surface area (Å²) in [6, 6.07) is 20.8. The Bertz CT molecular complexity index is 1200. The number of fused-ring (bicyclic) bond motifs is 3. The monoisotopic (exact) mass is 344 g/mol. The molecule has 0 saturated carbocycles. The van der Waals surface area contributed by atoms with Gasteiger partial charge in [0.1, 0.15) is 0 Å². The second kappa shape index (κ2) is 5.93. The van der Waals surface area contributed by atoms with Crippen molar-refractivity contribution in [3.63, 3.8) is 0 Å². The van der Waals surface area contributed by atoms with Crippen LogP contribution < -0.4 is 0 Å². The Balaban J connectivity index is 2.09. The fourth-order valence-corrected chi connectivity index (χ4v) is 3.29. The largest absolute Gasteiger partial charge is 0.277 e. The molecule has 0 aliphatic carbocycles. The van der Waals surface area contributed by atoms with Crippen LogP contribution in [0.15, 0.2) is 72.8 Å². The number of rotatable bonds is 3. The van der Waals surface area contributed by atoms with Gasteiger partial charge in [-0.1, -0.05) is 54.6 Å². The average Bonchev–Trinajstić information content (AvgIpc) is 2.66. The Morgan fingerprint density at radius 1 is 0.615 bits per heavy atom. The highest BCUT2D eigenvalue weighted by Crippen LogP contribution is 2.38. The van der Waals surface area contributed by atoms with Crippen molar-refractivity contribution in [2.75, 3.05) is 0 Å². The summed E-state index contributed by atoms with van der Waals surface area (Å²) in [7, 11) is 0. The van der Waals surface area contributed by atoms with Gasteiger partial charge in [-0.05, 0) is 27.1 Å². The van der Waals surface area contributed by atoms with Crippen molar-refractivity contribution in [3.8, 4) is 11.1 Å². The van der Waals surface area contributed by atoms with Crippen LogP contribution in [0.2, 0.25) is 0 Å². The lowest BCUT2D eigenvalue weighted by Gasteiger charge is -2.10. The standard InChI is InChI=1S/C20H12N2O4/c23-21(24)14-9-11-20(22(25)26)19(12-14)17-7-3-6-16-15-5-2-1-4-13(15)8-10-18(16)17/h1-12H. The van der Waals surface area contributed by atoms with E-state index in [0.717, 1.165) is 27.6 Å². The molecule has 0 unspecified atom stereocenters. The van der Waals surface area contributed by atoms with Crippen LogP contribution in [0.1, 0.15) is 0 Å². The Hall–Kier alpha value is -3.80. The van der Waals surface area contributed by atoms with Gasteiger partial charge in [-0.2, -0.15) is 0 Å². The summed E-state index contributed by atoms with van der Waals surface area (Å²) in [6.45, 7) is 0. The normalized spacial score (nSPS) is 10.9. The molecule has 0 aromatic heterocycles. The van der Waals surface area contributed by atoms with Crippen LogP contribution in [0.5, 0.6) is 0 Å². The Morgan fingerprint density at radius 3 is 2.15 bits per heavy atom. The third-order valence-electron chi connectivity index (χ3n) is 4.46. The van der Waals surface area contributed by atoms with Crippen molar-refractivity contribution in [2.45, 2.75) is 0 Å². The molecular formula is C20H12N2O4. The van der Waals surface area contributed by atoms with Gasteiger partial charge in [0.15, 0.2) is 0 Å². The van der Waals surface area contributed by atoms with Crippen LogP contribution in [0.3, 0.4) is 0 Å². The molecule has 4 aromatic carbocycles. The molecule has 6 nitrogen and oxygen atoms in total. The third kappa shape index (κ3) is 2.44. The fourth-order valence-electron chi connectivity index (χ4n) is 3.29. The van der Waals surface area contributed by atoms with Gasteiger partial charge in [-0.15, -0.1) is 0 Å². The molecule has 0 aliphatic heterocycles. The van der Waals surface area contributed by atoms with E-state index >= 15 is 0 Å². The van der Waals surface area contributed by atoms with Crippen LogP contribution in [-0.2, 0) is 0 Å². The van der Waals surface area contributed by atoms with Crippen molar-refractivity contribution in [1.29, 1.82) is 0 Å². The maximum absolute atomic E-state index is 11.5. The minimum absolute atomic E-state index is 0.156. The van der Waals surface area contributed by atoms with Gasteiger partial charge in [0, 0.05) is 18.2 Å². The molecule has 126 valence electrons. The summed E-state index contributed by atoms with van der Waals surface area (Å²) in [5.74, 6) is 0. The van der Waals surface area contributed by atoms with Crippen LogP contribution in [0, 0.1) is 20.2 Å². The lowest BCUT2D eigenvalue weighted by molar-refractivity contribution is -0.388. The van der Waals surface area contributed by atoms with Crippen molar-refractivity contribution in [2.24, 2.45) is 0 Å². The predicted octanol–water partition coefficient (Wildman–Crippen LogP) is 5.48. The first kappa shape index (κ1) is 15.7. The van der Waals surface area contributed by atoms with Crippen molar-refractivity contribution >= 4 is 32.9 Å². The Labute approximate surface area is 147 Å². The number of non-ortho nitro benzene ring substituents is 1. The number of nitro benzene ring substituents is 2. The molecule has 0 saturated heterocycles. The summed E-state index contributed by atoms with van der Waals surface area (Å²) in [5.41, 5.74) is 0.508. The average molecular weight is 344 g/mol. The Morgan fingerprint density at radius 2 is 1.38 bits per heavy atom. The van der Waals surface area contributed by atoms with Crippen LogP contribution in [0.25, 0.3) is 32.7 Å². The summed E-state index contributed by atoms with van der Waals surface area (Å²) in [6.07, 6.45) is 0. The number of hydrogen-bond acceptors (Lipinski definition) is 4. The van der Waals surface area contributed by atoms with Gasteiger partial charge in [0.25, 0.3) is 11.4 Å². The van der Waals surface area contributed by atoms with Crippen LogP contribution in [0.4, 0.5) is 11.4 Å². The van der Waals surface area contributed by atoms with E-state index in [2.05, 4.69) is 0 Å². The second-order valence-electron chi connectivity index (χ2n) is 5.90. The van der Waals surface area contributed by atoms with Gasteiger partial charge in [-0.3, -0.25) is 20.2 Å². The smallest absolute Gasteiger partial charge is 0.258 e. The van der Waals surface area contributed by atoms with E-state index in [9.17, 15) is 20.2 Å². The molecule has 0 spiro atoms. The van der Waals surface area contributed by atoms with Crippen molar-refractivity contribution in [3.05, 3.63) is 93.0 Å². The molecule has 6 heteroatoms. The zero-order valence-corrected chi connectivity index (χ0v) is 13.5. The summed E-state index contributed by atoms with van der Waals surface area (Å²) < 4.78 is 0. The van der Waals surface area contributed by atoms with Gasteiger partial charge in [0.05, 0.1) is 15.4 Å². The molecule has 0 radical (unpaired) electrons. The van der Waals surface area contributed by atoms with Gasteiger partial charge in [-0.25, -0.2) is 0 Å². The first-order valence-corrected chi connectivity index (χ1v) is 7.90. The highest BCUT2D eigenvalue weighted by Gasteiger charge is 2.21. The maximum Gasteiger partial charge on any atom is 0.277 e. The third-order valence-corrected chi connectivity index (χ3v) is 4.46. The van der Waals surface area contributed by atoms with E-state index < -0.39 is 9.85 Å². The number of nitrogens with zero attached hydrogens (tertiary/aromatic N) is 2. The number of benzene rings is 4. The van der Waals surface area contributed by atoms with E-state index in [-0.39, 0.29) is 16.9 Å². The molecule has 26 heavy (non-hydrogen) atoms. The SMILES string of the molecule is O=[N+]([O-])c1ccc([N+](=O)[O-])c(-c2cccc3c2ccc2ccccc23)c1. The molecule has 4 rings (SSSR count). The van der Waals surface area contributed by atoms with Crippen molar-refractivity contribution in [1.82, 2.24) is 0 Å². The molecule has 0 amide bonds. The van der Waals surface area contributed by atoms with Gasteiger partial charge < -0.3 is 0 Å². The summed E-state index contributed by atoms with van der Waals surface area (Å²) in [4.78, 5) is 21.5. The molecule has 0 heterocycles. The van der Waals surface area contributed by atoms with E-state index in [4.69, 9.17) is 0 Å². The first-order chi connectivity index (χ1) is 12.6. The van der Waals surface area contributed by atoms with E-state index in [1.807, 2.05) is 48.5 Å².